The van der Waals surface area contributed by atoms with Crippen molar-refractivity contribution in [2.45, 2.75) is 20.3 Å². The summed E-state index contributed by atoms with van der Waals surface area (Å²) in [5.41, 5.74) is 6.40. The fourth-order valence-electron chi connectivity index (χ4n) is 1.66. The van der Waals surface area contributed by atoms with E-state index in [-0.39, 0.29) is 0 Å². The topological polar surface area (TPSA) is 50.4 Å². The van der Waals surface area contributed by atoms with E-state index < -0.39 is 0 Å². The molecule has 17 heavy (non-hydrogen) atoms. The van der Waals surface area contributed by atoms with E-state index >= 15 is 0 Å². The predicted octanol–water partition coefficient (Wildman–Crippen LogP) is -0.261. The Balaban J connectivity index is 2.01. The molecule has 0 aromatic heterocycles. The Morgan fingerprint density at radius 3 is 2.76 bits per heavy atom. The molecule has 0 spiro atoms. The lowest BCUT2D eigenvalue weighted by molar-refractivity contribution is -0.466. The molecule has 1 aromatic carbocycles. The molecule has 0 aliphatic carbocycles. The fraction of sp³-hybridized carbons (Fsp3) is 0.385. The maximum atomic E-state index is 4.35. The number of guanidine groups is 1. The Kier molecular flexibility index (Phi) is 3.75. The molecule has 0 saturated carbocycles. The van der Waals surface area contributed by atoms with Gasteiger partial charge in [-0.05, 0) is 19.4 Å². The first kappa shape index (κ1) is 11.6. The quantitative estimate of drug-likeness (QED) is 0.485. The van der Waals surface area contributed by atoms with Gasteiger partial charge in [-0.3, -0.25) is 10.3 Å². The summed E-state index contributed by atoms with van der Waals surface area (Å²) >= 11 is 0. The zero-order chi connectivity index (χ0) is 12.1. The predicted molar refractivity (Wildman–Crippen MR) is 70.0 cm³/mol. The van der Waals surface area contributed by atoms with Crippen molar-refractivity contribution in [1.82, 2.24) is 10.7 Å². The molecule has 1 aromatic rings. The van der Waals surface area contributed by atoms with E-state index in [1.807, 2.05) is 6.92 Å². The highest BCUT2D eigenvalue weighted by Gasteiger charge is 2.08. The first-order chi connectivity index (χ1) is 8.25. The van der Waals surface area contributed by atoms with Gasteiger partial charge in [-0.25, -0.2) is 0 Å². The zero-order valence-electron chi connectivity index (χ0n) is 10.4. The van der Waals surface area contributed by atoms with Crippen LogP contribution in [-0.2, 0) is 0 Å². The number of benzene rings is 1. The SMILES string of the molecule is C/C(=N\NC1=[NH+]CCCN1)c1ccc(C)cc1. The molecule has 4 nitrogen and oxygen atoms in total. The van der Waals surface area contributed by atoms with Crippen molar-refractivity contribution in [1.29, 1.82) is 0 Å². The molecule has 2 rings (SSSR count). The third kappa shape index (κ3) is 3.31. The summed E-state index contributed by atoms with van der Waals surface area (Å²) in [6, 6.07) is 8.36. The second-order valence-electron chi connectivity index (χ2n) is 4.26. The molecular weight excluding hydrogens is 212 g/mol. The minimum absolute atomic E-state index is 0.891. The van der Waals surface area contributed by atoms with Crippen LogP contribution < -0.4 is 15.7 Å². The summed E-state index contributed by atoms with van der Waals surface area (Å²) in [5, 5.41) is 7.57. The molecule has 4 heteroatoms. The van der Waals surface area contributed by atoms with Crippen LogP contribution in [0.4, 0.5) is 0 Å². The van der Waals surface area contributed by atoms with Crippen LogP contribution in [-0.4, -0.2) is 24.8 Å². The van der Waals surface area contributed by atoms with Crippen LogP contribution in [0, 0.1) is 6.92 Å². The summed E-state index contributed by atoms with van der Waals surface area (Å²) in [6.45, 7) is 6.07. The minimum atomic E-state index is 0.891. The van der Waals surface area contributed by atoms with Crippen molar-refractivity contribution in [3.8, 4) is 0 Å². The number of nitrogens with zero attached hydrogens (tertiary/aromatic N) is 1. The van der Waals surface area contributed by atoms with Gasteiger partial charge < -0.3 is 0 Å². The summed E-state index contributed by atoms with van der Waals surface area (Å²) < 4.78 is 0. The van der Waals surface area contributed by atoms with Crippen LogP contribution in [0.3, 0.4) is 0 Å². The lowest BCUT2D eigenvalue weighted by atomic mass is 10.1. The van der Waals surface area contributed by atoms with Gasteiger partial charge >= 0.3 is 5.96 Å². The normalized spacial score (nSPS) is 16.1. The third-order valence-corrected chi connectivity index (χ3v) is 2.76. The fourth-order valence-corrected chi connectivity index (χ4v) is 1.66. The Labute approximate surface area is 102 Å². The monoisotopic (exact) mass is 231 g/mol. The van der Waals surface area contributed by atoms with Gasteiger partial charge in [0.25, 0.3) is 0 Å². The average Bonchev–Trinajstić information content (AvgIpc) is 2.38. The van der Waals surface area contributed by atoms with Crippen LogP contribution in [0.25, 0.3) is 0 Å². The molecule has 3 N–H and O–H groups in total. The van der Waals surface area contributed by atoms with Gasteiger partial charge in [-0.2, -0.15) is 5.43 Å². The Hall–Kier alpha value is -1.84. The maximum absolute atomic E-state index is 4.35. The van der Waals surface area contributed by atoms with Gasteiger partial charge in [-0.15, -0.1) is 5.10 Å². The molecule has 0 amide bonds. The van der Waals surface area contributed by atoms with Gasteiger partial charge in [0, 0.05) is 6.42 Å². The van der Waals surface area contributed by atoms with Crippen molar-refractivity contribution >= 4 is 11.7 Å². The van der Waals surface area contributed by atoms with Gasteiger partial charge in [-0.1, -0.05) is 29.8 Å². The molecule has 1 aliphatic heterocycles. The highest BCUT2D eigenvalue weighted by atomic mass is 15.4. The molecular formula is C13H19N4+. The first-order valence-electron chi connectivity index (χ1n) is 5.98. The highest BCUT2D eigenvalue weighted by Crippen LogP contribution is 2.03. The number of nitrogens with one attached hydrogen (secondary N) is 3. The van der Waals surface area contributed by atoms with E-state index in [1.165, 1.54) is 5.56 Å². The smallest absolute Gasteiger partial charge is 0.276 e. The van der Waals surface area contributed by atoms with E-state index in [2.05, 4.69) is 52.0 Å². The molecule has 0 saturated heterocycles. The molecule has 90 valence electrons. The minimum Gasteiger partial charge on any atom is -0.276 e. The molecule has 0 radical (unpaired) electrons. The van der Waals surface area contributed by atoms with E-state index in [9.17, 15) is 0 Å². The lowest BCUT2D eigenvalue weighted by Crippen LogP contribution is -2.81. The second kappa shape index (κ2) is 5.48. The lowest BCUT2D eigenvalue weighted by Gasteiger charge is -2.07. The Bertz CT molecular complexity index is 431. The summed E-state index contributed by atoms with van der Waals surface area (Å²) in [5.74, 6) is 0.891. The van der Waals surface area contributed by atoms with Gasteiger partial charge in [0.2, 0.25) is 0 Å². The van der Waals surface area contributed by atoms with E-state index in [4.69, 9.17) is 0 Å². The average molecular weight is 231 g/mol. The molecule has 0 fully saturated rings. The van der Waals surface area contributed by atoms with Crippen molar-refractivity contribution in [3.05, 3.63) is 35.4 Å². The first-order valence-corrected chi connectivity index (χ1v) is 5.98. The molecule has 0 unspecified atom stereocenters. The number of hydrogen-bond acceptors (Lipinski definition) is 3. The summed E-state index contributed by atoms with van der Waals surface area (Å²) in [4.78, 5) is 3.22. The summed E-state index contributed by atoms with van der Waals surface area (Å²) in [7, 11) is 0. The van der Waals surface area contributed by atoms with Crippen LogP contribution in [0.1, 0.15) is 24.5 Å². The van der Waals surface area contributed by atoms with Gasteiger partial charge in [0.05, 0.1) is 18.8 Å². The van der Waals surface area contributed by atoms with Crippen LogP contribution in [0.2, 0.25) is 0 Å². The van der Waals surface area contributed by atoms with Gasteiger partial charge in [0.15, 0.2) is 0 Å². The van der Waals surface area contributed by atoms with Crippen molar-refractivity contribution in [2.75, 3.05) is 13.1 Å². The van der Waals surface area contributed by atoms with E-state index in [0.717, 1.165) is 36.7 Å². The van der Waals surface area contributed by atoms with E-state index in [1.54, 1.807) is 0 Å². The molecule has 1 heterocycles. The highest BCUT2D eigenvalue weighted by molar-refractivity contribution is 5.99. The maximum Gasteiger partial charge on any atom is 0.367 e. The van der Waals surface area contributed by atoms with Crippen LogP contribution in [0.5, 0.6) is 0 Å². The van der Waals surface area contributed by atoms with Crippen molar-refractivity contribution in [3.63, 3.8) is 0 Å². The largest absolute Gasteiger partial charge is 0.367 e. The van der Waals surface area contributed by atoms with Gasteiger partial charge in [0.1, 0.15) is 0 Å². The standard InChI is InChI=1S/C13H18N4/c1-10-4-6-12(7-5-10)11(2)16-17-13-14-8-3-9-15-13/h4-7H,3,8-9H2,1-2H3,(H2,14,15,17)/p+1/b16-11+. The molecule has 0 atom stereocenters. The van der Waals surface area contributed by atoms with Crippen molar-refractivity contribution in [2.24, 2.45) is 5.10 Å². The third-order valence-electron chi connectivity index (χ3n) is 2.76. The van der Waals surface area contributed by atoms with Crippen LogP contribution in [0.15, 0.2) is 29.4 Å². The van der Waals surface area contributed by atoms with Crippen LogP contribution >= 0.6 is 0 Å². The van der Waals surface area contributed by atoms with Crippen molar-refractivity contribution < 1.29 is 4.99 Å². The number of aryl methyl sites for hydroxylation is 1. The Morgan fingerprint density at radius 2 is 2.12 bits per heavy atom. The molecule has 1 aliphatic rings. The molecule has 0 bridgehead atoms. The second-order valence-corrected chi connectivity index (χ2v) is 4.26. The Morgan fingerprint density at radius 1 is 1.35 bits per heavy atom. The number of rotatable bonds is 2. The number of hydrogen-bond donors (Lipinski definition) is 3. The van der Waals surface area contributed by atoms with E-state index in [0.29, 0.717) is 0 Å². The number of hydrazone groups is 1. The zero-order valence-corrected chi connectivity index (χ0v) is 10.4. The summed E-state index contributed by atoms with van der Waals surface area (Å²) in [6.07, 6.45) is 1.14.